The number of hydrogen-bond acceptors (Lipinski definition) is 3. The van der Waals surface area contributed by atoms with E-state index in [9.17, 15) is 4.79 Å². The van der Waals surface area contributed by atoms with Gasteiger partial charge < -0.3 is 15.0 Å². The van der Waals surface area contributed by atoms with E-state index in [1.54, 1.807) is 7.11 Å². The molecule has 80 valence electrons. The Balaban J connectivity index is 1.79. The summed E-state index contributed by atoms with van der Waals surface area (Å²) in [5, 5.41) is 3.13. The zero-order valence-electron chi connectivity index (χ0n) is 8.66. The van der Waals surface area contributed by atoms with E-state index in [1.165, 1.54) is 0 Å². The van der Waals surface area contributed by atoms with Crippen LogP contribution in [0.25, 0.3) is 0 Å². The van der Waals surface area contributed by atoms with Crippen LogP contribution in [-0.2, 0) is 9.53 Å². The number of hydrogen-bond donors (Lipinski definition) is 1. The van der Waals surface area contributed by atoms with E-state index in [1.807, 2.05) is 4.90 Å². The fourth-order valence-corrected chi connectivity index (χ4v) is 2.13. The summed E-state index contributed by atoms with van der Waals surface area (Å²) < 4.78 is 5.10. The number of ether oxygens (including phenoxy) is 1. The average molecular weight is 198 g/mol. The van der Waals surface area contributed by atoms with Crippen molar-refractivity contribution >= 4 is 5.91 Å². The lowest BCUT2D eigenvalue weighted by molar-refractivity contribution is -0.136. The third kappa shape index (κ3) is 1.91. The topological polar surface area (TPSA) is 41.6 Å². The minimum atomic E-state index is 0.247. The van der Waals surface area contributed by atoms with Crippen molar-refractivity contribution in [1.29, 1.82) is 0 Å². The molecule has 0 aromatic carbocycles. The first kappa shape index (κ1) is 9.93. The molecule has 2 rings (SSSR count). The maximum Gasteiger partial charge on any atom is 0.228 e. The molecule has 0 saturated carbocycles. The summed E-state index contributed by atoms with van der Waals surface area (Å²) in [6.07, 6.45) is 1.10. The van der Waals surface area contributed by atoms with E-state index < -0.39 is 0 Å². The van der Waals surface area contributed by atoms with Crippen LogP contribution in [-0.4, -0.2) is 50.7 Å². The first-order valence-electron chi connectivity index (χ1n) is 5.29. The monoisotopic (exact) mass is 198 g/mol. The maximum atomic E-state index is 11.8. The van der Waals surface area contributed by atoms with Crippen molar-refractivity contribution in [2.45, 2.75) is 6.42 Å². The maximum absolute atomic E-state index is 11.8. The zero-order valence-corrected chi connectivity index (χ0v) is 8.66. The lowest BCUT2D eigenvalue weighted by atomic mass is 10.0. The molecular weight excluding hydrogens is 180 g/mol. The Morgan fingerprint density at radius 1 is 1.57 bits per heavy atom. The Hall–Kier alpha value is -0.610. The van der Waals surface area contributed by atoms with Crippen molar-refractivity contribution in [2.24, 2.45) is 11.8 Å². The summed E-state index contributed by atoms with van der Waals surface area (Å²) >= 11 is 0. The highest BCUT2D eigenvalue weighted by Crippen LogP contribution is 2.19. The van der Waals surface area contributed by atoms with Gasteiger partial charge in [-0.05, 0) is 6.42 Å². The smallest absolute Gasteiger partial charge is 0.228 e. The number of rotatable bonds is 3. The van der Waals surface area contributed by atoms with Gasteiger partial charge in [0.25, 0.3) is 0 Å². The molecule has 0 aromatic rings. The number of nitrogens with one attached hydrogen (secondary N) is 1. The Labute approximate surface area is 84.6 Å². The minimum absolute atomic E-state index is 0.247. The summed E-state index contributed by atoms with van der Waals surface area (Å²) in [4.78, 5) is 13.8. The number of likely N-dealkylation sites (tertiary alicyclic amines) is 1. The molecule has 4 nitrogen and oxygen atoms in total. The number of nitrogens with zero attached hydrogens (tertiary/aromatic N) is 1. The zero-order chi connectivity index (χ0) is 9.97. The number of amides is 1. The molecule has 1 atom stereocenters. The van der Waals surface area contributed by atoms with E-state index in [4.69, 9.17) is 4.74 Å². The Bertz CT molecular complexity index is 216. The second-order valence-electron chi connectivity index (χ2n) is 4.25. The molecular formula is C10H18N2O2. The van der Waals surface area contributed by atoms with Crippen LogP contribution in [0.1, 0.15) is 6.42 Å². The highest BCUT2D eigenvalue weighted by molar-refractivity contribution is 5.80. The largest absolute Gasteiger partial charge is 0.384 e. The normalized spacial score (nSPS) is 27.8. The third-order valence-corrected chi connectivity index (χ3v) is 3.13. The molecule has 1 N–H and O–H groups in total. The van der Waals surface area contributed by atoms with Gasteiger partial charge in [-0.3, -0.25) is 4.79 Å². The summed E-state index contributed by atoms with van der Waals surface area (Å²) in [6.45, 7) is 4.33. The number of methoxy groups -OCH3 is 1. The lowest BCUT2D eigenvalue weighted by Gasteiger charge is -2.30. The fourth-order valence-electron chi connectivity index (χ4n) is 2.13. The first-order chi connectivity index (χ1) is 6.81. The van der Waals surface area contributed by atoms with E-state index in [2.05, 4.69) is 5.32 Å². The summed E-state index contributed by atoms with van der Waals surface area (Å²) in [5.74, 6) is 1.13. The van der Waals surface area contributed by atoms with Crippen LogP contribution in [0, 0.1) is 11.8 Å². The van der Waals surface area contributed by atoms with Gasteiger partial charge in [-0.25, -0.2) is 0 Å². The SMILES string of the molecule is COC[C@H]1CCN(C(=O)C2CNC2)C1. The van der Waals surface area contributed by atoms with E-state index >= 15 is 0 Å². The van der Waals surface area contributed by atoms with E-state index in [0.29, 0.717) is 11.8 Å². The quantitative estimate of drug-likeness (QED) is 0.677. The van der Waals surface area contributed by atoms with Crippen molar-refractivity contribution in [3.8, 4) is 0 Å². The molecule has 2 heterocycles. The molecule has 2 aliphatic heterocycles. The van der Waals surface area contributed by atoms with Crippen LogP contribution in [0.15, 0.2) is 0 Å². The van der Waals surface area contributed by atoms with Crippen LogP contribution in [0.3, 0.4) is 0 Å². The fraction of sp³-hybridized carbons (Fsp3) is 0.900. The number of carbonyl (C=O) groups excluding carboxylic acids is 1. The predicted molar refractivity (Wildman–Crippen MR) is 52.9 cm³/mol. The van der Waals surface area contributed by atoms with Crippen molar-refractivity contribution in [3.05, 3.63) is 0 Å². The molecule has 0 spiro atoms. The molecule has 0 aromatic heterocycles. The highest BCUT2D eigenvalue weighted by atomic mass is 16.5. The van der Waals surface area contributed by atoms with Crippen LogP contribution >= 0.6 is 0 Å². The molecule has 0 radical (unpaired) electrons. The van der Waals surface area contributed by atoms with Gasteiger partial charge in [-0.1, -0.05) is 0 Å². The first-order valence-corrected chi connectivity index (χ1v) is 5.29. The molecule has 0 aliphatic carbocycles. The van der Waals surface area contributed by atoms with Crippen molar-refractivity contribution < 1.29 is 9.53 Å². The Morgan fingerprint density at radius 2 is 2.36 bits per heavy atom. The van der Waals surface area contributed by atoms with Gasteiger partial charge in [0.1, 0.15) is 0 Å². The Morgan fingerprint density at radius 3 is 2.93 bits per heavy atom. The van der Waals surface area contributed by atoms with Crippen molar-refractivity contribution in [1.82, 2.24) is 10.2 Å². The van der Waals surface area contributed by atoms with Gasteiger partial charge in [0.15, 0.2) is 0 Å². The summed E-state index contributed by atoms with van der Waals surface area (Å²) in [7, 11) is 1.72. The van der Waals surface area contributed by atoms with Gasteiger partial charge in [-0.2, -0.15) is 0 Å². The number of carbonyl (C=O) groups is 1. The van der Waals surface area contributed by atoms with Gasteiger partial charge in [0.05, 0.1) is 12.5 Å². The third-order valence-electron chi connectivity index (χ3n) is 3.13. The van der Waals surface area contributed by atoms with Crippen LogP contribution in [0.5, 0.6) is 0 Å². The molecule has 1 amide bonds. The van der Waals surface area contributed by atoms with Gasteiger partial charge in [-0.15, -0.1) is 0 Å². The highest BCUT2D eigenvalue weighted by Gasteiger charge is 2.33. The van der Waals surface area contributed by atoms with E-state index in [0.717, 1.165) is 39.2 Å². The Kier molecular flexibility index (Phi) is 3.03. The van der Waals surface area contributed by atoms with Gasteiger partial charge in [0, 0.05) is 39.2 Å². The van der Waals surface area contributed by atoms with E-state index in [-0.39, 0.29) is 5.92 Å². The lowest BCUT2D eigenvalue weighted by Crippen LogP contribution is -2.51. The van der Waals surface area contributed by atoms with Gasteiger partial charge in [0.2, 0.25) is 5.91 Å². The summed E-state index contributed by atoms with van der Waals surface area (Å²) in [6, 6.07) is 0. The molecule has 4 heteroatoms. The van der Waals surface area contributed by atoms with Crippen LogP contribution in [0.4, 0.5) is 0 Å². The molecule has 2 aliphatic rings. The summed E-state index contributed by atoms with van der Waals surface area (Å²) in [5.41, 5.74) is 0. The molecule has 0 bridgehead atoms. The van der Waals surface area contributed by atoms with Crippen LogP contribution in [0.2, 0.25) is 0 Å². The molecule has 14 heavy (non-hydrogen) atoms. The molecule has 0 unspecified atom stereocenters. The van der Waals surface area contributed by atoms with Gasteiger partial charge >= 0.3 is 0 Å². The second kappa shape index (κ2) is 4.28. The minimum Gasteiger partial charge on any atom is -0.384 e. The second-order valence-corrected chi connectivity index (χ2v) is 4.25. The average Bonchev–Trinajstić information content (AvgIpc) is 2.50. The molecule has 2 fully saturated rings. The van der Waals surface area contributed by atoms with Crippen molar-refractivity contribution in [2.75, 3.05) is 39.9 Å². The van der Waals surface area contributed by atoms with Crippen LogP contribution < -0.4 is 5.32 Å². The molecule has 2 saturated heterocycles. The predicted octanol–water partition coefficient (Wildman–Crippen LogP) is -0.299. The van der Waals surface area contributed by atoms with Crippen molar-refractivity contribution in [3.63, 3.8) is 0 Å². The standard InChI is InChI=1S/C10H18N2O2/c1-14-7-8-2-3-12(6-8)10(13)9-4-11-5-9/h8-9,11H,2-7H2,1H3/t8-/m0/s1.